The zero-order valence-corrected chi connectivity index (χ0v) is 6.64. The Balaban J connectivity index is 3.05. The fourth-order valence-electron chi connectivity index (χ4n) is 0.695. The van der Waals surface area contributed by atoms with Crippen molar-refractivity contribution in [2.24, 2.45) is 5.16 Å². The summed E-state index contributed by atoms with van der Waals surface area (Å²) in [5, 5.41) is 11.5. The maximum absolute atomic E-state index is 8.40. The molecule has 0 unspecified atom stereocenters. The number of rotatable bonds is 1. The average Bonchev–Trinajstić information content (AvgIpc) is 2.34. The molecule has 54 valence electrons. The number of nitrogens with zero attached hydrogens (tertiary/aromatic N) is 2. The van der Waals surface area contributed by atoms with Crippen molar-refractivity contribution in [3.8, 4) is 0 Å². The standard InChI is InChI=1S/C6H8N2OS/c1-4-6(5(2)8-9)10-3-7-4/h3,9H,1-2H3. The molecule has 0 saturated heterocycles. The second-order valence-corrected chi connectivity index (χ2v) is 2.81. The molecule has 0 fully saturated rings. The van der Waals surface area contributed by atoms with Gasteiger partial charge in [-0.15, -0.1) is 11.3 Å². The van der Waals surface area contributed by atoms with Gasteiger partial charge in [0.2, 0.25) is 0 Å². The molecule has 0 aliphatic rings. The molecule has 3 nitrogen and oxygen atoms in total. The number of thiazole rings is 1. The van der Waals surface area contributed by atoms with Crippen molar-refractivity contribution in [1.82, 2.24) is 4.98 Å². The third kappa shape index (κ3) is 1.16. The van der Waals surface area contributed by atoms with E-state index < -0.39 is 0 Å². The highest BCUT2D eigenvalue weighted by atomic mass is 32.1. The van der Waals surface area contributed by atoms with Crippen LogP contribution in [0.4, 0.5) is 0 Å². The molecule has 1 aromatic heterocycles. The Labute approximate surface area is 63.0 Å². The van der Waals surface area contributed by atoms with Gasteiger partial charge >= 0.3 is 0 Å². The molecular weight excluding hydrogens is 148 g/mol. The first-order valence-corrected chi connectivity index (χ1v) is 3.72. The first kappa shape index (κ1) is 7.21. The van der Waals surface area contributed by atoms with E-state index in [1.807, 2.05) is 6.92 Å². The minimum absolute atomic E-state index is 0.625. The minimum Gasteiger partial charge on any atom is -0.411 e. The SMILES string of the molecule is CC(=NO)c1scnc1C. The average molecular weight is 156 g/mol. The summed E-state index contributed by atoms with van der Waals surface area (Å²) in [5.74, 6) is 0. The normalized spacial score (nSPS) is 12.0. The third-order valence-electron chi connectivity index (χ3n) is 1.22. The molecule has 10 heavy (non-hydrogen) atoms. The summed E-state index contributed by atoms with van der Waals surface area (Å²) in [5.41, 5.74) is 3.28. The van der Waals surface area contributed by atoms with Crippen LogP contribution >= 0.6 is 11.3 Å². The first-order valence-electron chi connectivity index (χ1n) is 2.85. The lowest BCUT2D eigenvalue weighted by Crippen LogP contribution is -1.92. The predicted octanol–water partition coefficient (Wildman–Crippen LogP) is 1.65. The maximum atomic E-state index is 8.40. The molecule has 0 aliphatic carbocycles. The highest BCUT2D eigenvalue weighted by molar-refractivity contribution is 7.12. The summed E-state index contributed by atoms with van der Waals surface area (Å²) in [7, 11) is 0. The summed E-state index contributed by atoms with van der Waals surface area (Å²) in [6.45, 7) is 3.64. The van der Waals surface area contributed by atoms with Crippen LogP contribution in [0.25, 0.3) is 0 Å². The number of aryl methyl sites for hydroxylation is 1. The quantitative estimate of drug-likeness (QED) is 0.381. The van der Waals surface area contributed by atoms with E-state index in [-0.39, 0.29) is 0 Å². The van der Waals surface area contributed by atoms with Crippen molar-refractivity contribution >= 4 is 17.0 Å². The van der Waals surface area contributed by atoms with E-state index in [0.717, 1.165) is 10.6 Å². The van der Waals surface area contributed by atoms with Crippen LogP contribution in [0.15, 0.2) is 10.7 Å². The Hall–Kier alpha value is -0.900. The molecule has 0 saturated carbocycles. The van der Waals surface area contributed by atoms with Crippen LogP contribution in [0.3, 0.4) is 0 Å². The van der Waals surface area contributed by atoms with E-state index >= 15 is 0 Å². The number of hydrogen-bond donors (Lipinski definition) is 1. The van der Waals surface area contributed by atoms with E-state index in [2.05, 4.69) is 10.1 Å². The minimum atomic E-state index is 0.625. The zero-order chi connectivity index (χ0) is 7.56. The fourth-order valence-corrected chi connectivity index (χ4v) is 1.45. The number of oxime groups is 1. The predicted molar refractivity (Wildman–Crippen MR) is 40.8 cm³/mol. The Bertz CT molecular complexity index is 254. The largest absolute Gasteiger partial charge is 0.411 e. The van der Waals surface area contributed by atoms with Gasteiger partial charge in [0.25, 0.3) is 0 Å². The lowest BCUT2D eigenvalue weighted by Gasteiger charge is -1.91. The van der Waals surface area contributed by atoms with Crippen LogP contribution < -0.4 is 0 Å². The topological polar surface area (TPSA) is 45.5 Å². The lowest BCUT2D eigenvalue weighted by molar-refractivity contribution is 0.319. The highest BCUT2D eigenvalue weighted by Crippen LogP contribution is 2.12. The van der Waals surface area contributed by atoms with Gasteiger partial charge in [-0.3, -0.25) is 0 Å². The van der Waals surface area contributed by atoms with Crippen LogP contribution in [0.2, 0.25) is 0 Å². The van der Waals surface area contributed by atoms with Crippen molar-refractivity contribution < 1.29 is 5.21 Å². The van der Waals surface area contributed by atoms with Crippen LogP contribution in [-0.4, -0.2) is 15.9 Å². The van der Waals surface area contributed by atoms with Gasteiger partial charge in [-0.2, -0.15) is 0 Å². The molecule has 1 heterocycles. The van der Waals surface area contributed by atoms with Crippen molar-refractivity contribution in [1.29, 1.82) is 0 Å². The van der Waals surface area contributed by atoms with Gasteiger partial charge in [0.15, 0.2) is 0 Å². The molecular formula is C6H8N2OS. The van der Waals surface area contributed by atoms with Crippen molar-refractivity contribution in [3.05, 3.63) is 16.1 Å². The summed E-state index contributed by atoms with van der Waals surface area (Å²) < 4.78 is 0. The summed E-state index contributed by atoms with van der Waals surface area (Å²) in [4.78, 5) is 4.96. The van der Waals surface area contributed by atoms with Crippen LogP contribution in [0, 0.1) is 6.92 Å². The fraction of sp³-hybridized carbons (Fsp3) is 0.333. The van der Waals surface area contributed by atoms with Gasteiger partial charge in [0.05, 0.1) is 21.8 Å². The van der Waals surface area contributed by atoms with Gasteiger partial charge in [-0.1, -0.05) is 5.16 Å². The van der Waals surface area contributed by atoms with Gasteiger partial charge in [-0.25, -0.2) is 4.98 Å². The smallest absolute Gasteiger partial charge is 0.0955 e. The zero-order valence-electron chi connectivity index (χ0n) is 5.83. The third-order valence-corrected chi connectivity index (χ3v) is 2.26. The van der Waals surface area contributed by atoms with Crippen LogP contribution in [0.5, 0.6) is 0 Å². The molecule has 0 atom stereocenters. The van der Waals surface area contributed by atoms with E-state index in [1.54, 1.807) is 12.4 Å². The molecule has 4 heteroatoms. The number of hydrogen-bond acceptors (Lipinski definition) is 4. The number of aromatic nitrogens is 1. The molecule has 1 N–H and O–H groups in total. The first-order chi connectivity index (χ1) is 4.75. The van der Waals surface area contributed by atoms with Crippen LogP contribution in [0.1, 0.15) is 17.5 Å². The second-order valence-electron chi connectivity index (χ2n) is 1.95. The molecule has 1 aromatic rings. The van der Waals surface area contributed by atoms with Crippen molar-refractivity contribution in [3.63, 3.8) is 0 Å². The Kier molecular flexibility index (Phi) is 2.01. The highest BCUT2D eigenvalue weighted by Gasteiger charge is 2.03. The van der Waals surface area contributed by atoms with Crippen molar-refractivity contribution in [2.45, 2.75) is 13.8 Å². The van der Waals surface area contributed by atoms with Gasteiger partial charge in [-0.05, 0) is 13.8 Å². The molecule has 0 aromatic carbocycles. The van der Waals surface area contributed by atoms with Crippen LogP contribution in [-0.2, 0) is 0 Å². The van der Waals surface area contributed by atoms with E-state index in [4.69, 9.17) is 5.21 Å². The van der Waals surface area contributed by atoms with Crippen molar-refractivity contribution in [2.75, 3.05) is 0 Å². The Morgan fingerprint density at radius 2 is 2.50 bits per heavy atom. The molecule has 1 rings (SSSR count). The van der Waals surface area contributed by atoms with E-state index in [9.17, 15) is 0 Å². The van der Waals surface area contributed by atoms with Gasteiger partial charge in [0, 0.05) is 0 Å². The summed E-state index contributed by atoms with van der Waals surface area (Å²) >= 11 is 1.48. The lowest BCUT2D eigenvalue weighted by atomic mass is 10.3. The molecule has 0 radical (unpaired) electrons. The van der Waals surface area contributed by atoms with E-state index in [0.29, 0.717) is 5.71 Å². The molecule has 0 spiro atoms. The second kappa shape index (κ2) is 2.79. The molecule has 0 amide bonds. The van der Waals surface area contributed by atoms with Gasteiger partial charge in [0.1, 0.15) is 0 Å². The summed E-state index contributed by atoms with van der Waals surface area (Å²) in [6, 6.07) is 0. The monoisotopic (exact) mass is 156 g/mol. The maximum Gasteiger partial charge on any atom is 0.0955 e. The summed E-state index contributed by atoms with van der Waals surface area (Å²) in [6.07, 6.45) is 0. The molecule has 0 aliphatic heterocycles. The Morgan fingerprint density at radius 1 is 1.80 bits per heavy atom. The van der Waals surface area contributed by atoms with Gasteiger partial charge < -0.3 is 5.21 Å². The van der Waals surface area contributed by atoms with E-state index in [1.165, 1.54) is 11.3 Å². The Morgan fingerprint density at radius 3 is 2.90 bits per heavy atom. The molecule has 0 bridgehead atoms.